The second-order valence-corrected chi connectivity index (χ2v) is 8.59. The van der Waals surface area contributed by atoms with E-state index in [0.29, 0.717) is 38.4 Å². The van der Waals surface area contributed by atoms with Crippen LogP contribution in [-0.2, 0) is 15.7 Å². The molecule has 1 aromatic carbocycles. The lowest BCUT2D eigenvalue weighted by Crippen LogP contribution is -2.42. The van der Waals surface area contributed by atoms with Gasteiger partial charge in [-0.15, -0.1) is 0 Å². The average molecular weight is 488 g/mol. The van der Waals surface area contributed by atoms with Gasteiger partial charge in [-0.1, -0.05) is 24.1 Å². The first-order chi connectivity index (χ1) is 15.9. The van der Waals surface area contributed by atoms with Crippen molar-refractivity contribution < 1.29 is 27.0 Å². The van der Waals surface area contributed by atoms with Gasteiger partial charge >= 0.3 is 6.18 Å². The van der Waals surface area contributed by atoms with Crippen LogP contribution in [0.4, 0.5) is 29.2 Å². The molecular weight excluding hydrogens is 462 g/mol. The Balaban J connectivity index is 1.51. The predicted octanol–water partition coefficient (Wildman–Crippen LogP) is 3.60. The van der Waals surface area contributed by atoms with Crippen molar-refractivity contribution >= 4 is 23.6 Å². The quantitative estimate of drug-likeness (QED) is 0.490. The summed E-state index contributed by atoms with van der Waals surface area (Å²) >= 11 is 1.64. The number of nitrogens with zero attached hydrogens (tertiary/aromatic N) is 4. The fraction of sp³-hybridized carbons (Fsp3) is 0.524. The molecule has 3 heterocycles. The molecule has 4 rings (SSSR count). The van der Waals surface area contributed by atoms with Gasteiger partial charge in [-0.05, 0) is 24.0 Å². The molecule has 0 amide bonds. The Morgan fingerprint density at radius 1 is 1.15 bits per heavy atom. The van der Waals surface area contributed by atoms with Crippen LogP contribution in [0.15, 0.2) is 30.6 Å². The summed E-state index contributed by atoms with van der Waals surface area (Å²) in [6.07, 6.45) is -1.25. The van der Waals surface area contributed by atoms with Gasteiger partial charge in [0.15, 0.2) is 11.6 Å². The fourth-order valence-corrected chi connectivity index (χ4v) is 4.48. The molecule has 33 heavy (non-hydrogen) atoms. The largest absolute Gasteiger partial charge is 0.416 e. The molecule has 0 saturated carbocycles. The number of benzene rings is 1. The van der Waals surface area contributed by atoms with E-state index >= 15 is 4.39 Å². The molecule has 2 aliphatic heterocycles. The van der Waals surface area contributed by atoms with Gasteiger partial charge in [0.05, 0.1) is 37.5 Å². The maximum atomic E-state index is 15.4. The standard InChI is InChI=1S/C21H25F4N5O2S/c1-33-29-6-9-32-16(11-29)10-26-19-18(22)20(28-13-27-19)30-7-8-31-12-17(30)14-2-4-15(5-3-14)21(23,24)25/h2-5,13,16-17H,6-12H2,1H3,(H,26,27,28). The van der Waals surface area contributed by atoms with Crippen LogP contribution >= 0.6 is 11.9 Å². The van der Waals surface area contributed by atoms with Gasteiger partial charge < -0.3 is 19.7 Å². The number of nitrogens with one attached hydrogen (secondary N) is 1. The van der Waals surface area contributed by atoms with Crippen molar-refractivity contribution in [2.75, 3.05) is 62.5 Å². The summed E-state index contributed by atoms with van der Waals surface area (Å²) in [5, 5.41) is 3.02. The Kier molecular flexibility index (Phi) is 7.57. The van der Waals surface area contributed by atoms with E-state index in [2.05, 4.69) is 19.6 Å². The number of hydrogen-bond acceptors (Lipinski definition) is 8. The van der Waals surface area contributed by atoms with E-state index in [1.807, 2.05) is 6.26 Å². The van der Waals surface area contributed by atoms with Crippen LogP contribution in [0.1, 0.15) is 17.2 Å². The van der Waals surface area contributed by atoms with Crippen molar-refractivity contribution in [3.8, 4) is 0 Å². The van der Waals surface area contributed by atoms with Crippen LogP contribution < -0.4 is 10.2 Å². The van der Waals surface area contributed by atoms with Crippen LogP contribution in [0.5, 0.6) is 0 Å². The molecule has 2 unspecified atom stereocenters. The third-order valence-corrected chi connectivity index (χ3v) is 6.50. The molecule has 7 nitrogen and oxygen atoms in total. The maximum Gasteiger partial charge on any atom is 0.416 e. The van der Waals surface area contributed by atoms with E-state index in [4.69, 9.17) is 9.47 Å². The van der Waals surface area contributed by atoms with Gasteiger partial charge in [-0.3, -0.25) is 0 Å². The first kappa shape index (κ1) is 24.0. The minimum absolute atomic E-state index is 0.0579. The first-order valence-electron chi connectivity index (χ1n) is 10.5. The Labute approximate surface area is 193 Å². The number of aromatic nitrogens is 2. The molecule has 2 aliphatic rings. The SMILES string of the molecule is CSN1CCOC(CNc2ncnc(N3CCOCC3c3ccc(C(F)(F)F)cc3)c2F)C1. The third kappa shape index (κ3) is 5.68. The van der Waals surface area contributed by atoms with Crippen molar-refractivity contribution in [1.29, 1.82) is 0 Å². The molecule has 0 bridgehead atoms. The minimum atomic E-state index is -4.42. The van der Waals surface area contributed by atoms with Gasteiger partial charge in [-0.25, -0.2) is 14.3 Å². The highest BCUT2D eigenvalue weighted by Crippen LogP contribution is 2.34. The highest BCUT2D eigenvalue weighted by molar-refractivity contribution is 7.96. The number of anilines is 2. The number of ether oxygens (including phenoxy) is 2. The van der Waals surface area contributed by atoms with Gasteiger partial charge in [0, 0.05) is 26.2 Å². The predicted molar refractivity (Wildman–Crippen MR) is 118 cm³/mol. The van der Waals surface area contributed by atoms with E-state index in [1.165, 1.54) is 18.5 Å². The number of morpholine rings is 2. The summed E-state index contributed by atoms with van der Waals surface area (Å²) in [5.41, 5.74) is -0.151. The van der Waals surface area contributed by atoms with E-state index in [9.17, 15) is 13.2 Å². The number of alkyl halides is 3. The molecule has 1 N–H and O–H groups in total. The molecule has 12 heteroatoms. The van der Waals surface area contributed by atoms with Crippen LogP contribution in [0.3, 0.4) is 0 Å². The fourth-order valence-electron chi connectivity index (χ4n) is 3.90. The highest BCUT2D eigenvalue weighted by Gasteiger charge is 2.32. The second kappa shape index (κ2) is 10.4. The van der Waals surface area contributed by atoms with Crippen LogP contribution in [0.25, 0.3) is 0 Å². The van der Waals surface area contributed by atoms with Crippen molar-refractivity contribution in [2.24, 2.45) is 0 Å². The molecule has 2 atom stereocenters. The van der Waals surface area contributed by atoms with E-state index in [1.54, 1.807) is 16.8 Å². The topological polar surface area (TPSA) is 62.8 Å². The van der Waals surface area contributed by atoms with Gasteiger partial charge in [0.1, 0.15) is 6.33 Å². The molecule has 0 radical (unpaired) electrons. The Hall–Kier alpha value is -2.15. The zero-order valence-corrected chi connectivity index (χ0v) is 18.8. The Morgan fingerprint density at radius 3 is 2.67 bits per heavy atom. The van der Waals surface area contributed by atoms with E-state index in [0.717, 1.165) is 18.7 Å². The number of hydrogen-bond donors (Lipinski definition) is 1. The van der Waals surface area contributed by atoms with Crippen LogP contribution in [0.2, 0.25) is 0 Å². The van der Waals surface area contributed by atoms with E-state index < -0.39 is 23.6 Å². The Morgan fingerprint density at radius 2 is 1.94 bits per heavy atom. The van der Waals surface area contributed by atoms with Crippen molar-refractivity contribution in [2.45, 2.75) is 18.3 Å². The molecular formula is C21H25F4N5O2S. The Bertz CT molecular complexity index is 934. The lowest BCUT2D eigenvalue weighted by Gasteiger charge is -2.37. The molecule has 0 aliphatic carbocycles. The maximum absolute atomic E-state index is 15.4. The molecule has 0 spiro atoms. The van der Waals surface area contributed by atoms with Gasteiger partial charge in [-0.2, -0.15) is 17.6 Å². The van der Waals surface area contributed by atoms with Crippen molar-refractivity contribution in [1.82, 2.24) is 14.3 Å². The smallest absolute Gasteiger partial charge is 0.377 e. The monoisotopic (exact) mass is 487 g/mol. The van der Waals surface area contributed by atoms with Gasteiger partial charge in [0.25, 0.3) is 0 Å². The molecule has 2 aromatic rings. The highest BCUT2D eigenvalue weighted by atomic mass is 32.2. The molecule has 2 fully saturated rings. The summed E-state index contributed by atoms with van der Waals surface area (Å²) in [7, 11) is 0. The lowest BCUT2D eigenvalue weighted by atomic mass is 10.0. The summed E-state index contributed by atoms with van der Waals surface area (Å²) in [6.45, 7) is 3.44. The minimum Gasteiger partial charge on any atom is -0.377 e. The number of halogens is 4. The van der Waals surface area contributed by atoms with Crippen LogP contribution in [0, 0.1) is 5.82 Å². The molecule has 180 valence electrons. The lowest BCUT2D eigenvalue weighted by molar-refractivity contribution is -0.137. The summed E-state index contributed by atoms with van der Waals surface area (Å²) in [4.78, 5) is 9.89. The second-order valence-electron chi connectivity index (χ2n) is 7.71. The zero-order chi connectivity index (χ0) is 23.4. The third-order valence-electron chi connectivity index (χ3n) is 5.65. The van der Waals surface area contributed by atoms with Crippen molar-refractivity contribution in [3.05, 3.63) is 47.5 Å². The van der Waals surface area contributed by atoms with E-state index in [-0.39, 0.29) is 24.3 Å². The summed E-state index contributed by atoms with van der Waals surface area (Å²) in [6, 6.07) is 4.35. The summed E-state index contributed by atoms with van der Waals surface area (Å²) < 4.78 is 67.6. The van der Waals surface area contributed by atoms with Crippen molar-refractivity contribution in [3.63, 3.8) is 0 Å². The average Bonchev–Trinajstić information content (AvgIpc) is 2.83. The molecule has 1 aromatic heterocycles. The van der Waals surface area contributed by atoms with Crippen LogP contribution in [-0.4, -0.2) is 72.6 Å². The summed E-state index contributed by atoms with van der Waals surface area (Å²) in [5.74, 6) is -0.479. The molecule has 2 saturated heterocycles. The normalized spacial score (nSPS) is 22.4. The zero-order valence-electron chi connectivity index (χ0n) is 18.0. The number of rotatable bonds is 6. The van der Waals surface area contributed by atoms with Gasteiger partial charge in [0.2, 0.25) is 5.82 Å². The first-order valence-corrected chi connectivity index (χ1v) is 11.7.